The van der Waals surface area contributed by atoms with Gasteiger partial charge >= 0.3 is 0 Å². The minimum absolute atomic E-state index is 0.622. The van der Waals surface area contributed by atoms with Crippen molar-refractivity contribution in [1.29, 1.82) is 0 Å². The van der Waals surface area contributed by atoms with Crippen molar-refractivity contribution in [3.8, 4) is 0 Å². The van der Waals surface area contributed by atoms with E-state index < -0.39 is 0 Å². The van der Waals surface area contributed by atoms with Crippen LogP contribution in [0.25, 0.3) is 0 Å². The van der Waals surface area contributed by atoms with E-state index in [-0.39, 0.29) is 0 Å². The Bertz CT molecular complexity index is 294. The van der Waals surface area contributed by atoms with Crippen LogP contribution in [0.15, 0.2) is 18.3 Å². The lowest BCUT2D eigenvalue weighted by Gasteiger charge is -2.28. The molecule has 1 aromatic rings. The number of fused-ring (bicyclic) bond motifs is 1. The second kappa shape index (κ2) is 3.46. The van der Waals surface area contributed by atoms with Gasteiger partial charge in [-0.3, -0.25) is 4.98 Å². The van der Waals surface area contributed by atoms with Gasteiger partial charge in [0.2, 0.25) is 0 Å². The molecule has 0 spiro atoms. The van der Waals surface area contributed by atoms with Gasteiger partial charge in [0.05, 0.1) is 5.69 Å². The van der Waals surface area contributed by atoms with E-state index in [1.165, 1.54) is 11.3 Å². The summed E-state index contributed by atoms with van der Waals surface area (Å²) in [5.41, 5.74) is 2.64. The molecule has 1 unspecified atom stereocenters. The molecule has 13 heavy (non-hydrogen) atoms. The maximum Gasteiger partial charge on any atom is 0.0574 e. The van der Waals surface area contributed by atoms with Gasteiger partial charge in [0.25, 0.3) is 0 Å². The maximum atomic E-state index is 4.35. The quantitative estimate of drug-likeness (QED) is 0.705. The molecule has 1 atom stereocenters. The number of nitrogens with zero attached hydrogens (tertiary/aromatic N) is 1. The van der Waals surface area contributed by atoms with Gasteiger partial charge in [-0.15, -0.1) is 0 Å². The summed E-state index contributed by atoms with van der Waals surface area (Å²) in [4.78, 5) is 4.35. The van der Waals surface area contributed by atoms with E-state index in [2.05, 4.69) is 30.2 Å². The van der Waals surface area contributed by atoms with Crippen molar-refractivity contribution in [3.63, 3.8) is 0 Å². The standard InChI is InChI=1S/C11H16N2/c1-8(2)10-6-9-4-3-5-12-11(9)7-13-10/h3-5,8,10,13H,6-7H2,1-2H3. The highest BCUT2D eigenvalue weighted by molar-refractivity contribution is 5.23. The molecule has 0 saturated heterocycles. The summed E-state index contributed by atoms with van der Waals surface area (Å²) < 4.78 is 0. The molecule has 2 heterocycles. The first-order valence-corrected chi connectivity index (χ1v) is 4.93. The molecular weight excluding hydrogens is 160 g/mol. The Morgan fingerprint density at radius 3 is 3.15 bits per heavy atom. The van der Waals surface area contributed by atoms with Crippen molar-refractivity contribution in [3.05, 3.63) is 29.6 Å². The summed E-state index contributed by atoms with van der Waals surface area (Å²) in [6, 6.07) is 4.84. The molecule has 0 saturated carbocycles. The highest BCUT2D eigenvalue weighted by Crippen LogP contribution is 2.17. The number of aromatic nitrogens is 1. The van der Waals surface area contributed by atoms with Gasteiger partial charge in [-0.25, -0.2) is 0 Å². The molecule has 1 N–H and O–H groups in total. The molecule has 2 nitrogen and oxygen atoms in total. The van der Waals surface area contributed by atoms with Crippen molar-refractivity contribution < 1.29 is 0 Å². The van der Waals surface area contributed by atoms with Gasteiger partial charge in [-0.05, 0) is 24.0 Å². The van der Waals surface area contributed by atoms with Crippen LogP contribution in [0.5, 0.6) is 0 Å². The Balaban J connectivity index is 2.20. The predicted octanol–water partition coefficient (Wildman–Crippen LogP) is 1.75. The number of hydrogen-bond acceptors (Lipinski definition) is 2. The first-order chi connectivity index (χ1) is 6.27. The van der Waals surface area contributed by atoms with Crippen molar-refractivity contribution in [2.75, 3.05) is 0 Å². The van der Waals surface area contributed by atoms with Crippen molar-refractivity contribution in [1.82, 2.24) is 10.3 Å². The fraction of sp³-hybridized carbons (Fsp3) is 0.545. The molecule has 0 amide bonds. The number of pyridine rings is 1. The third-order valence-corrected chi connectivity index (χ3v) is 2.76. The van der Waals surface area contributed by atoms with Gasteiger partial charge < -0.3 is 5.32 Å². The summed E-state index contributed by atoms with van der Waals surface area (Å²) in [6.45, 7) is 5.46. The molecule has 70 valence electrons. The SMILES string of the molecule is CC(C)C1Cc2cccnc2CN1. The summed E-state index contributed by atoms with van der Waals surface area (Å²) in [6.07, 6.45) is 3.00. The second-order valence-electron chi connectivity index (χ2n) is 4.04. The van der Waals surface area contributed by atoms with Gasteiger partial charge in [-0.1, -0.05) is 19.9 Å². The zero-order chi connectivity index (χ0) is 9.26. The van der Waals surface area contributed by atoms with Gasteiger partial charge in [0.15, 0.2) is 0 Å². The normalized spacial score (nSPS) is 21.6. The Morgan fingerprint density at radius 2 is 2.38 bits per heavy atom. The molecule has 1 aliphatic heterocycles. The van der Waals surface area contributed by atoms with Crippen LogP contribution in [0, 0.1) is 5.92 Å². The summed E-state index contributed by atoms with van der Waals surface area (Å²) in [5, 5.41) is 3.51. The van der Waals surface area contributed by atoms with Gasteiger partial charge in [-0.2, -0.15) is 0 Å². The van der Waals surface area contributed by atoms with Gasteiger partial charge in [0, 0.05) is 18.8 Å². The van der Waals surface area contributed by atoms with Crippen molar-refractivity contribution in [2.45, 2.75) is 32.9 Å². The monoisotopic (exact) mass is 176 g/mol. The average Bonchev–Trinajstić information content (AvgIpc) is 2.17. The first-order valence-electron chi connectivity index (χ1n) is 4.93. The Labute approximate surface area is 79.4 Å². The smallest absolute Gasteiger partial charge is 0.0574 e. The zero-order valence-electron chi connectivity index (χ0n) is 8.25. The van der Waals surface area contributed by atoms with E-state index in [0.717, 1.165) is 13.0 Å². The zero-order valence-corrected chi connectivity index (χ0v) is 8.25. The molecular formula is C11H16N2. The van der Waals surface area contributed by atoms with Crippen LogP contribution in [0.3, 0.4) is 0 Å². The number of hydrogen-bond donors (Lipinski definition) is 1. The average molecular weight is 176 g/mol. The number of nitrogens with one attached hydrogen (secondary N) is 1. The van der Waals surface area contributed by atoms with Crippen LogP contribution in [-0.2, 0) is 13.0 Å². The lowest BCUT2D eigenvalue weighted by atomic mass is 9.92. The van der Waals surface area contributed by atoms with Crippen LogP contribution in [0.4, 0.5) is 0 Å². The van der Waals surface area contributed by atoms with Crippen LogP contribution < -0.4 is 5.32 Å². The van der Waals surface area contributed by atoms with E-state index in [1.807, 2.05) is 12.3 Å². The van der Waals surface area contributed by atoms with E-state index in [4.69, 9.17) is 0 Å². The topological polar surface area (TPSA) is 24.9 Å². The van der Waals surface area contributed by atoms with E-state index in [0.29, 0.717) is 12.0 Å². The van der Waals surface area contributed by atoms with E-state index in [1.54, 1.807) is 0 Å². The maximum absolute atomic E-state index is 4.35. The van der Waals surface area contributed by atoms with Crippen molar-refractivity contribution in [2.24, 2.45) is 5.92 Å². The summed E-state index contributed by atoms with van der Waals surface area (Å²) in [7, 11) is 0. The minimum atomic E-state index is 0.622. The van der Waals surface area contributed by atoms with Crippen LogP contribution in [-0.4, -0.2) is 11.0 Å². The molecule has 0 aromatic carbocycles. The Hall–Kier alpha value is -0.890. The van der Waals surface area contributed by atoms with E-state index in [9.17, 15) is 0 Å². The van der Waals surface area contributed by atoms with Crippen LogP contribution in [0.1, 0.15) is 25.1 Å². The Kier molecular flexibility index (Phi) is 2.32. The molecule has 1 aromatic heterocycles. The molecule has 0 fully saturated rings. The van der Waals surface area contributed by atoms with E-state index >= 15 is 0 Å². The summed E-state index contributed by atoms with van der Waals surface area (Å²) in [5.74, 6) is 0.702. The predicted molar refractivity (Wildman–Crippen MR) is 53.4 cm³/mol. The fourth-order valence-corrected chi connectivity index (χ4v) is 1.82. The Morgan fingerprint density at radius 1 is 1.54 bits per heavy atom. The molecule has 2 rings (SSSR count). The van der Waals surface area contributed by atoms with Crippen LogP contribution >= 0.6 is 0 Å². The second-order valence-corrected chi connectivity index (χ2v) is 4.04. The fourth-order valence-electron chi connectivity index (χ4n) is 1.82. The largest absolute Gasteiger partial charge is 0.308 e. The summed E-state index contributed by atoms with van der Waals surface area (Å²) >= 11 is 0. The molecule has 0 bridgehead atoms. The van der Waals surface area contributed by atoms with Crippen molar-refractivity contribution >= 4 is 0 Å². The molecule has 0 radical (unpaired) electrons. The third-order valence-electron chi connectivity index (χ3n) is 2.76. The lowest BCUT2D eigenvalue weighted by Crippen LogP contribution is -2.39. The number of rotatable bonds is 1. The molecule has 0 aliphatic carbocycles. The lowest BCUT2D eigenvalue weighted by molar-refractivity contribution is 0.374. The van der Waals surface area contributed by atoms with Crippen LogP contribution in [0.2, 0.25) is 0 Å². The van der Waals surface area contributed by atoms with Gasteiger partial charge in [0.1, 0.15) is 0 Å². The molecule has 1 aliphatic rings. The minimum Gasteiger partial charge on any atom is -0.308 e. The highest BCUT2D eigenvalue weighted by Gasteiger charge is 2.20. The third kappa shape index (κ3) is 1.73. The first kappa shape index (κ1) is 8.70. The highest BCUT2D eigenvalue weighted by atomic mass is 14.9. The molecule has 2 heteroatoms.